The first kappa shape index (κ1) is 26.5. The zero-order valence-electron chi connectivity index (χ0n) is 19.9. The summed E-state index contributed by atoms with van der Waals surface area (Å²) in [5, 5.41) is 0. The van der Waals surface area contributed by atoms with Crippen LogP contribution in [0.2, 0.25) is 0 Å². The molecule has 6 heteroatoms. The lowest BCUT2D eigenvalue weighted by Crippen LogP contribution is -2.22. The van der Waals surface area contributed by atoms with Crippen LogP contribution < -0.4 is 0 Å². The molecular weight excluding hydrogens is 456 g/mol. The van der Waals surface area contributed by atoms with Crippen LogP contribution in [0.25, 0.3) is 17.2 Å². The molecule has 0 amide bonds. The topological polar surface area (TPSA) is 18.5 Å². The number of benzene rings is 2. The summed E-state index contributed by atoms with van der Waals surface area (Å²) in [6.45, 7) is 12.2. The van der Waals surface area contributed by atoms with Gasteiger partial charge in [-0.15, -0.1) is 0 Å². The summed E-state index contributed by atoms with van der Waals surface area (Å²) in [5.74, 6) is -4.56. The highest BCUT2D eigenvalue weighted by Crippen LogP contribution is 2.38. The molecule has 1 fully saturated rings. The summed E-state index contributed by atoms with van der Waals surface area (Å²) in [4.78, 5) is 0. The molecule has 1 aliphatic rings. The fraction of sp³-hybridized carbons (Fsp3) is 0.310. The van der Waals surface area contributed by atoms with E-state index in [0.29, 0.717) is 36.8 Å². The van der Waals surface area contributed by atoms with Crippen molar-refractivity contribution in [3.8, 4) is 11.1 Å². The lowest BCUT2D eigenvalue weighted by Gasteiger charge is -2.29. The Morgan fingerprint density at radius 3 is 2.20 bits per heavy atom. The average molecular weight is 487 g/mol. The Labute approximate surface area is 204 Å². The zero-order valence-corrected chi connectivity index (χ0v) is 19.9. The van der Waals surface area contributed by atoms with E-state index >= 15 is 0 Å². The summed E-state index contributed by atoms with van der Waals surface area (Å²) in [6, 6.07) is 10.3. The van der Waals surface area contributed by atoms with Crippen molar-refractivity contribution in [2.75, 3.05) is 13.2 Å². The maximum Gasteiger partial charge on any atom is 0.200 e. The third-order valence-corrected chi connectivity index (χ3v) is 6.24. The van der Waals surface area contributed by atoms with Crippen molar-refractivity contribution in [3.63, 3.8) is 0 Å². The quantitative estimate of drug-likeness (QED) is 0.190. The molecule has 35 heavy (non-hydrogen) atoms. The molecule has 1 saturated carbocycles. The molecule has 2 aromatic carbocycles. The van der Waals surface area contributed by atoms with E-state index in [9.17, 15) is 17.6 Å². The third kappa shape index (κ3) is 6.31. The molecule has 2 aromatic rings. The van der Waals surface area contributed by atoms with Gasteiger partial charge in [-0.1, -0.05) is 62.2 Å². The predicted molar refractivity (Wildman–Crippen MR) is 132 cm³/mol. The Kier molecular flexibility index (Phi) is 9.10. The molecule has 0 heterocycles. The summed E-state index contributed by atoms with van der Waals surface area (Å²) >= 11 is 0. The molecule has 0 atom stereocenters. The van der Waals surface area contributed by atoms with Gasteiger partial charge in [0, 0.05) is 11.1 Å². The van der Waals surface area contributed by atoms with E-state index in [1.54, 1.807) is 49.4 Å². The Morgan fingerprint density at radius 2 is 1.60 bits per heavy atom. The summed E-state index contributed by atoms with van der Waals surface area (Å²) in [6.07, 6.45) is 3.84. The van der Waals surface area contributed by atoms with Crippen LogP contribution in [0.4, 0.5) is 17.6 Å². The maximum atomic E-state index is 15.0. The fourth-order valence-corrected chi connectivity index (χ4v) is 4.24. The highest BCUT2D eigenvalue weighted by Gasteiger charge is 2.27. The molecule has 0 N–H and O–H groups in total. The van der Waals surface area contributed by atoms with E-state index in [2.05, 4.69) is 19.7 Å². The van der Waals surface area contributed by atoms with Crippen LogP contribution >= 0.6 is 0 Å². The summed E-state index contributed by atoms with van der Waals surface area (Å²) in [7, 11) is 0. The Morgan fingerprint density at radius 1 is 0.943 bits per heavy atom. The van der Waals surface area contributed by atoms with Gasteiger partial charge in [0.2, 0.25) is 0 Å². The van der Waals surface area contributed by atoms with Crippen molar-refractivity contribution in [1.29, 1.82) is 0 Å². The Balaban J connectivity index is 1.59. The van der Waals surface area contributed by atoms with Gasteiger partial charge in [0.15, 0.2) is 29.0 Å². The normalized spacial score (nSPS) is 18.5. The van der Waals surface area contributed by atoms with Crippen molar-refractivity contribution in [2.45, 2.75) is 44.6 Å². The minimum atomic E-state index is -1.19. The van der Waals surface area contributed by atoms with E-state index in [1.165, 1.54) is 0 Å². The van der Waals surface area contributed by atoms with Gasteiger partial charge in [0.25, 0.3) is 0 Å². The molecule has 1 aliphatic carbocycles. The van der Waals surface area contributed by atoms with Crippen molar-refractivity contribution in [1.82, 2.24) is 0 Å². The lowest BCUT2D eigenvalue weighted by atomic mass is 9.82. The molecule has 0 aliphatic heterocycles. The molecule has 0 bridgehead atoms. The average Bonchev–Trinajstić information content (AvgIpc) is 2.88. The molecule has 2 nitrogen and oxygen atoms in total. The highest BCUT2D eigenvalue weighted by atomic mass is 19.2. The summed E-state index contributed by atoms with van der Waals surface area (Å²) in [5.41, 5.74) is 1.91. The number of hydrogen-bond donors (Lipinski definition) is 0. The van der Waals surface area contributed by atoms with Gasteiger partial charge in [0.1, 0.15) is 0 Å². The molecule has 0 unspecified atom stereocenters. The van der Waals surface area contributed by atoms with Crippen molar-refractivity contribution >= 4 is 6.08 Å². The number of ether oxygens (including phenoxy) is 2. The van der Waals surface area contributed by atoms with Gasteiger partial charge >= 0.3 is 0 Å². The van der Waals surface area contributed by atoms with Gasteiger partial charge in [0.05, 0.1) is 19.3 Å². The SMILES string of the molecule is C=Cc1ccc(-c2ccc(C3CCC(OCC(=C)/C(F)=C(/F)C(=C)OCC)CC3)c(F)c2F)cc1. The first-order valence-electron chi connectivity index (χ1n) is 11.6. The predicted octanol–water partition coefficient (Wildman–Crippen LogP) is 8.57. The van der Waals surface area contributed by atoms with E-state index in [1.807, 2.05) is 0 Å². The van der Waals surface area contributed by atoms with Gasteiger partial charge in [-0.3, -0.25) is 0 Å². The van der Waals surface area contributed by atoms with Crippen LogP contribution in [-0.4, -0.2) is 19.3 Å². The van der Waals surface area contributed by atoms with Crippen LogP contribution in [0.15, 0.2) is 79.1 Å². The van der Waals surface area contributed by atoms with Crippen LogP contribution in [0, 0.1) is 11.6 Å². The van der Waals surface area contributed by atoms with E-state index in [-0.39, 0.29) is 42.1 Å². The number of allylic oxidation sites excluding steroid dienone is 1. The largest absolute Gasteiger partial charge is 0.491 e. The van der Waals surface area contributed by atoms with E-state index in [4.69, 9.17) is 9.47 Å². The maximum absolute atomic E-state index is 15.0. The Hall–Kier alpha value is -3.12. The molecule has 0 spiro atoms. The number of hydrogen-bond acceptors (Lipinski definition) is 2. The van der Waals surface area contributed by atoms with Crippen LogP contribution in [0.5, 0.6) is 0 Å². The van der Waals surface area contributed by atoms with Gasteiger partial charge in [-0.05, 0) is 55.2 Å². The van der Waals surface area contributed by atoms with E-state index < -0.39 is 23.3 Å². The molecule has 0 aromatic heterocycles. The van der Waals surface area contributed by atoms with Crippen LogP contribution in [0.1, 0.15) is 49.7 Å². The summed E-state index contributed by atoms with van der Waals surface area (Å²) < 4.78 is 68.6. The van der Waals surface area contributed by atoms with Gasteiger partial charge in [-0.2, -0.15) is 4.39 Å². The Bertz CT molecular complexity index is 1110. The number of halogens is 4. The van der Waals surface area contributed by atoms with Gasteiger partial charge in [-0.25, -0.2) is 13.2 Å². The monoisotopic (exact) mass is 486 g/mol. The smallest absolute Gasteiger partial charge is 0.200 e. The molecular formula is C29H30F4O2. The number of rotatable bonds is 10. The molecule has 0 radical (unpaired) electrons. The fourth-order valence-electron chi connectivity index (χ4n) is 4.24. The molecule has 3 rings (SSSR count). The third-order valence-electron chi connectivity index (χ3n) is 6.24. The van der Waals surface area contributed by atoms with E-state index in [0.717, 1.165) is 5.56 Å². The molecule has 0 saturated heterocycles. The second-order valence-electron chi connectivity index (χ2n) is 8.53. The second kappa shape index (κ2) is 12.0. The molecule has 186 valence electrons. The first-order valence-corrected chi connectivity index (χ1v) is 11.6. The van der Waals surface area contributed by atoms with Gasteiger partial charge < -0.3 is 9.47 Å². The van der Waals surface area contributed by atoms with Crippen molar-refractivity contribution in [2.24, 2.45) is 0 Å². The minimum absolute atomic E-state index is 0.143. The minimum Gasteiger partial charge on any atom is -0.491 e. The lowest BCUT2D eigenvalue weighted by molar-refractivity contribution is 0.0380. The van der Waals surface area contributed by atoms with Crippen molar-refractivity contribution in [3.05, 3.63) is 102 Å². The zero-order chi connectivity index (χ0) is 25.5. The van der Waals surface area contributed by atoms with Crippen LogP contribution in [0.3, 0.4) is 0 Å². The van der Waals surface area contributed by atoms with Crippen LogP contribution in [-0.2, 0) is 9.47 Å². The second-order valence-corrected chi connectivity index (χ2v) is 8.53. The highest BCUT2D eigenvalue weighted by molar-refractivity contribution is 5.66. The van der Waals surface area contributed by atoms with Crippen molar-refractivity contribution < 1.29 is 27.0 Å². The standard InChI is InChI=1S/C29H30F4O2/c1-5-20-7-9-21(10-8-20)24-15-16-25(29(33)28(24)32)22-11-13-23(14-12-22)35-17-18(3)26(30)27(31)19(4)34-6-2/h5,7-10,15-16,22-23H,1,3-4,6,11-14,17H2,2H3/b27-26-. The first-order chi connectivity index (χ1) is 16.8.